The summed E-state index contributed by atoms with van der Waals surface area (Å²) >= 11 is 0. The van der Waals surface area contributed by atoms with Crippen LogP contribution in [0.25, 0.3) is 10.4 Å². The summed E-state index contributed by atoms with van der Waals surface area (Å²) in [6, 6.07) is 7.04. The van der Waals surface area contributed by atoms with Crippen molar-refractivity contribution in [3.8, 4) is 17.6 Å². The van der Waals surface area contributed by atoms with Gasteiger partial charge in [-0.3, -0.25) is 5.32 Å². The van der Waals surface area contributed by atoms with Gasteiger partial charge in [-0.05, 0) is 23.2 Å². The van der Waals surface area contributed by atoms with Crippen LogP contribution in [0.15, 0.2) is 23.3 Å². The fraction of sp³-hybridized carbons (Fsp3) is 0.364. The fourth-order valence-corrected chi connectivity index (χ4v) is 1.63. The minimum absolute atomic E-state index is 0.209. The molecule has 0 saturated carbocycles. The van der Waals surface area contributed by atoms with Crippen LogP contribution in [-0.2, 0) is 0 Å². The van der Waals surface area contributed by atoms with Crippen molar-refractivity contribution in [2.24, 2.45) is 5.11 Å². The Bertz CT molecular complexity index is 519. The van der Waals surface area contributed by atoms with Crippen LogP contribution in [0.5, 0.6) is 11.5 Å². The number of fused-ring (bicyclic) bond motifs is 1. The molecule has 1 heterocycles. The van der Waals surface area contributed by atoms with E-state index in [2.05, 4.69) is 21.4 Å². The normalized spacial score (nSPS) is 13.5. The lowest BCUT2D eigenvalue weighted by Gasteiger charge is -2.11. The van der Waals surface area contributed by atoms with E-state index in [9.17, 15) is 0 Å². The average Bonchev–Trinajstić information content (AvgIpc) is 2.86. The molecule has 1 aliphatic heterocycles. The highest BCUT2D eigenvalue weighted by Gasteiger charge is 2.17. The van der Waals surface area contributed by atoms with Crippen LogP contribution in [-0.4, -0.2) is 19.9 Å². The maximum atomic E-state index is 9.10. The van der Waals surface area contributed by atoms with E-state index in [0.717, 1.165) is 5.56 Å². The van der Waals surface area contributed by atoms with Gasteiger partial charge in [-0.15, -0.1) is 0 Å². The third-order valence-electron chi connectivity index (χ3n) is 2.48. The van der Waals surface area contributed by atoms with Gasteiger partial charge in [0.15, 0.2) is 11.5 Å². The van der Waals surface area contributed by atoms with Gasteiger partial charge in [-0.1, -0.05) is 11.2 Å². The summed E-state index contributed by atoms with van der Waals surface area (Å²) in [6.07, 6.45) is 0. The number of hydrogen-bond donors (Lipinski definition) is 1. The molecule has 0 saturated heterocycles. The molecule has 0 amide bonds. The summed E-state index contributed by atoms with van der Waals surface area (Å²) in [4.78, 5) is 2.64. The minimum atomic E-state index is -0.464. The highest BCUT2D eigenvalue weighted by atomic mass is 16.7. The molecule has 0 aliphatic carbocycles. The van der Waals surface area contributed by atoms with Gasteiger partial charge in [-0.25, -0.2) is 0 Å². The lowest BCUT2D eigenvalue weighted by Crippen LogP contribution is -2.22. The molecule has 1 N–H and O–H groups in total. The van der Waals surface area contributed by atoms with Crippen molar-refractivity contribution in [3.63, 3.8) is 0 Å². The molecule has 92 valence electrons. The quantitative estimate of drug-likeness (QED) is 0.370. The zero-order valence-corrected chi connectivity index (χ0v) is 9.54. The molecule has 0 fully saturated rings. The third kappa shape index (κ3) is 2.63. The number of benzene rings is 1. The van der Waals surface area contributed by atoms with E-state index in [1.165, 1.54) is 0 Å². The molecule has 1 unspecified atom stereocenters. The van der Waals surface area contributed by atoms with Crippen molar-refractivity contribution in [1.82, 2.24) is 5.32 Å². The minimum Gasteiger partial charge on any atom is -0.454 e. The summed E-state index contributed by atoms with van der Waals surface area (Å²) in [5.41, 5.74) is 8.94. The number of hydrogen-bond acceptors (Lipinski definition) is 5. The summed E-state index contributed by atoms with van der Waals surface area (Å²) in [5, 5.41) is 15.5. The highest BCUT2D eigenvalue weighted by Crippen LogP contribution is 2.33. The molecule has 0 radical (unpaired) electrons. The first-order valence-corrected chi connectivity index (χ1v) is 5.38. The Morgan fingerprint density at radius 1 is 1.50 bits per heavy atom. The number of nitriles is 1. The van der Waals surface area contributed by atoms with Crippen LogP contribution in [0.3, 0.4) is 0 Å². The lowest BCUT2D eigenvalue weighted by molar-refractivity contribution is 0.174. The Morgan fingerprint density at radius 2 is 2.33 bits per heavy atom. The largest absolute Gasteiger partial charge is 0.454 e. The fourth-order valence-electron chi connectivity index (χ4n) is 1.63. The Hall–Kier alpha value is -2.42. The van der Waals surface area contributed by atoms with Gasteiger partial charge in [0.05, 0.1) is 6.07 Å². The molecule has 2 rings (SSSR count). The van der Waals surface area contributed by atoms with Crippen molar-refractivity contribution in [2.75, 3.05) is 19.9 Å². The number of rotatable bonds is 5. The molecular formula is C11H11N5O2. The van der Waals surface area contributed by atoms with Gasteiger partial charge >= 0.3 is 0 Å². The maximum Gasteiger partial charge on any atom is 0.231 e. The van der Waals surface area contributed by atoms with Crippen LogP contribution in [0.1, 0.15) is 11.6 Å². The molecule has 7 nitrogen and oxygen atoms in total. The Labute approximate surface area is 104 Å². The zero-order chi connectivity index (χ0) is 12.8. The molecule has 0 spiro atoms. The predicted octanol–water partition coefficient (Wildman–Crippen LogP) is 1.88. The summed E-state index contributed by atoms with van der Waals surface area (Å²) < 4.78 is 10.5. The third-order valence-corrected chi connectivity index (χ3v) is 2.48. The van der Waals surface area contributed by atoms with Crippen molar-refractivity contribution in [3.05, 3.63) is 34.2 Å². The van der Waals surface area contributed by atoms with Gasteiger partial charge in [0.2, 0.25) is 6.79 Å². The number of ether oxygens (including phenoxy) is 2. The van der Waals surface area contributed by atoms with E-state index in [1.54, 1.807) is 12.1 Å². The SMILES string of the molecule is N#CC(NCCN=[N+]=[N-])c1ccc2c(c1)OCO2. The first-order valence-electron chi connectivity index (χ1n) is 5.38. The van der Waals surface area contributed by atoms with E-state index in [0.29, 0.717) is 24.6 Å². The maximum absolute atomic E-state index is 9.10. The van der Waals surface area contributed by atoms with E-state index >= 15 is 0 Å². The Kier molecular flexibility index (Phi) is 3.86. The molecule has 1 aliphatic rings. The van der Waals surface area contributed by atoms with Gasteiger partial charge in [-0.2, -0.15) is 5.26 Å². The zero-order valence-electron chi connectivity index (χ0n) is 9.54. The molecule has 1 atom stereocenters. The number of azide groups is 1. The van der Waals surface area contributed by atoms with Gasteiger partial charge < -0.3 is 9.47 Å². The van der Waals surface area contributed by atoms with Crippen molar-refractivity contribution < 1.29 is 9.47 Å². The first-order chi connectivity index (χ1) is 8.85. The second kappa shape index (κ2) is 5.77. The molecule has 1 aromatic rings. The molecule has 0 bridgehead atoms. The van der Waals surface area contributed by atoms with E-state index in [4.69, 9.17) is 20.3 Å². The van der Waals surface area contributed by atoms with Gasteiger partial charge in [0.1, 0.15) is 6.04 Å². The number of nitrogens with one attached hydrogen (secondary N) is 1. The number of nitrogens with zero attached hydrogens (tertiary/aromatic N) is 4. The van der Waals surface area contributed by atoms with Crippen LogP contribution in [0.4, 0.5) is 0 Å². The van der Waals surface area contributed by atoms with Crippen LogP contribution in [0.2, 0.25) is 0 Å². The monoisotopic (exact) mass is 245 g/mol. The molecule has 0 aromatic heterocycles. The Morgan fingerprint density at radius 3 is 3.11 bits per heavy atom. The summed E-state index contributed by atoms with van der Waals surface area (Å²) in [6.45, 7) is 0.955. The van der Waals surface area contributed by atoms with Crippen molar-refractivity contribution in [1.29, 1.82) is 5.26 Å². The van der Waals surface area contributed by atoms with E-state index in [-0.39, 0.29) is 6.79 Å². The van der Waals surface area contributed by atoms with Gasteiger partial charge in [0.25, 0.3) is 0 Å². The summed E-state index contributed by atoms with van der Waals surface area (Å²) in [7, 11) is 0. The van der Waals surface area contributed by atoms with Crippen LogP contribution < -0.4 is 14.8 Å². The topological polar surface area (TPSA) is 103 Å². The molecule has 1 aromatic carbocycles. The van der Waals surface area contributed by atoms with Crippen molar-refractivity contribution in [2.45, 2.75) is 6.04 Å². The molecular weight excluding hydrogens is 234 g/mol. The van der Waals surface area contributed by atoms with E-state index < -0.39 is 6.04 Å². The first kappa shape index (κ1) is 12.0. The van der Waals surface area contributed by atoms with Crippen LogP contribution in [0, 0.1) is 11.3 Å². The smallest absolute Gasteiger partial charge is 0.231 e. The molecule has 18 heavy (non-hydrogen) atoms. The van der Waals surface area contributed by atoms with Crippen molar-refractivity contribution >= 4 is 0 Å². The Balaban J connectivity index is 2.04. The van der Waals surface area contributed by atoms with Crippen LogP contribution >= 0.6 is 0 Å². The van der Waals surface area contributed by atoms with E-state index in [1.807, 2.05) is 6.07 Å². The second-order valence-corrected chi connectivity index (χ2v) is 3.58. The molecule has 7 heteroatoms. The highest BCUT2D eigenvalue weighted by molar-refractivity contribution is 5.46. The standard InChI is InChI=1S/C11H11N5O2/c12-6-9(14-3-4-15-16-13)8-1-2-10-11(5-8)18-7-17-10/h1-2,5,9,14H,3-4,7H2. The lowest BCUT2D eigenvalue weighted by atomic mass is 10.1. The van der Waals surface area contributed by atoms with Gasteiger partial charge in [0, 0.05) is 18.0 Å². The second-order valence-electron chi connectivity index (χ2n) is 3.58. The summed E-state index contributed by atoms with van der Waals surface area (Å²) in [5.74, 6) is 1.33. The average molecular weight is 245 g/mol. The predicted molar refractivity (Wildman–Crippen MR) is 62.9 cm³/mol.